The van der Waals surface area contributed by atoms with Crippen LogP contribution >= 0.6 is 15.9 Å². The lowest BCUT2D eigenvalue weighted by Crippen LogP contribution is -1.96. The Kier molecular flexibility index (Phi) is 5.34. The van der Waals surface area contributed by atoms with E-state index in [1.165, 1.54) is 6.08 Å². The van der Waals surface area contributed by atoms with Crippen molar-refractivity contribution < 1.29 is 14.6 Å². The maximum atomic E-state index is 12.1. The number of phenolic OH excluding ortho intramolecular Hbond substituents is 1. The van der Waals surface area contributed by atoms with Gasteiger partial charge in [0, 0.05) is 5.56 Å². The Labute approximate surface area is 136 Å². The van der Waals surface area contributed by atoms with E-state index in [4.69, 9.17) is 10.00 Å². The first-order chi connectivity index (χ1) is 10.6. The van der Waals surface area contributed by atoms with E-state index in [0.29, 0.717) is 15.8 Å². The molecule has 5 heteroatoms. The number of nitriles is 1. The van der Waals surface area contributed by atoms with E-state index in [2.05, 4.69) is 15.9 Å². The van der Waals surface area contributed by atoms with Gasteiger partial charge in [0.2, 0.25) is 0 Å². The van der Waals surface area contributed by atoms with E-state index >= 15 is 0 Å². The molecule has 2 aromatic carbocycles. The number of ether oxygens (including phenoxy) is 1. The summed E-state index contributed by atoms with van der Waals surface area (Å²) in [5.41, 5.74) is 1.32. The fourth-order valence-corrected chi connectivity index (χ4v) is 2.12. The highest BCUT2D eigenvalue weighted by Crippen LogP contribution is 2.24. The van der Waals surface area contributed by atoms with Crippen molar-refractivity contribution in [1.29, 1.82) is 5.26 Å². The molecular weight excluding hydrogens is 346 g/mol. The van der Waals surface area contributed by atoms with Gasteiger partial charge in [0.25, 0.3) is 0 Å². The molecular formula is C17H12BrNO3. The summed E-state index contributed by atoms with van der Waals surface area (Å²) in [5, 5.41) is 17.8. The molecule has 2 aromatic rings. The van der Waals surface area contributed by atoms with E-state index in [-0.39, 0.29) is 18.1 Å². The highest BCUT2D eigenvalue weighted by atomic mass is 79.9. The van der Waals surface area contributed by atoms with Gasteiger partial charge in [0.15, 0.2) is 12.4 Å². The SMILES string of the molecule is N#CCOc1ccc(C(=O)/C=C/c2ccc(O)c(Br)c2)cc1. The molecule has 4 nitrogen and oxygen atoms in total. The number of phenols is 1. The van der Waals surface area contributed by atoms with E-state index in [0.717, 1.165) is 5.56 Å². The van der Waals surface area contributed by atoms with Gasteiger partial charge in [-0.3, -0.25) is 4.79 Å². The summed E-state index contributed by atoms with van der Waals surface area (Å²) in [6, 6.07) is 13.4. The van der Waals surface area contributed by atoms with Gasteiger partial charge in [-0.05, 0) is 64.0 Å². The Hall–Kier alpha value is -2.58. The molecule has 0 atom stereocenters. The molecule has 0 bridgehead atoms. The lowest BCUT2D eigenvalue weighted by atomic mass is 10.1. The van der Waals surface area contributed by atoms with Crippen LogP contribution in [0, 0.1) is 11.3 Å². The fraction of sp³-hybridized carbons (Fsp3) is 0.0588. The number of benzene rings is 2. The first-order valence-electron chi connectivity index (χ1n) is 6.41. The lowest BCUT2D eigenvalue weighted by molar-refractivity contribution is 0.104. The number of halogens is 1. The van der Waals surface area contributed by atoms with E-state index < -0.39 is 0 Å². The number of rotatable bonds is 5. The Morgan fingerprint density at radius 1 is 1.27 bits per heavy atom. The molecule has 0 saturated heterocycles. The molecule has 2 rings (SSSR count). The number of nitrogens with zero attached hydrogens (tertiary/aromatic N) is 1. The normalized spacial score (nSPS) is 10.4. The zero-order valence-electron chi connectivity index (χ0n) is 11.5. The summed E-state index contributed by atoms with van der Waals surface area (Å²) in [7, 11) is 0. The third-order valence-corrected chi connectivity index (χ3v) is 3.48. The van der Waals surface area contributed by atoms with Crippen LogP contribution in [0.5, 0.6) is 11.5 Å². The smallest absolute Gasteiger partial charge is 0.185 e. The summed E-state index contributed by atoms with van der Waals surface area (Å²) >= 11 is 3.22. The average Bonchev–Trinajstić information content (AvgIpc) is 2.54. The van der Waals surface area contributed by atoms with E-state index in [9.17, 15) is 9.90 Å². The minimum Gasteiger partial charge on any atom is -0.507 e. The molecule has 110 valence electrons. The molecule has 0 aliphatic carbocycles. The predicted octanol–water partition coefficient (Wildman–Crippen LogP) is 3.95. The molecule has 0 saturated carbocycles. The van der Waals surface area contributed by atoms with Crippen LogP contribution in [-0.4, -0.2) is 17.5 Å². The van der Waals surface area contributed by atoms with Crippen LogP contribution in [0.15, 0.2) is 53.0 Å². The van der Waals surface area contributed by atoms with Crippen LogP contribution in [0.1, 0.15) is 15.9 Å². The predicted molar refractivity (Wildman–Crippen MR) is 86.7 cm³/mol. The van der Waals surface area contributed by atoms with Gasteiger partial charge in [-0.1, -0.05) is 12.1 Å². The number of aromatic hydroxyl groups is 1. The molecule has 0 unspecified atom stereocenters. The molecule has 0 aliphatic rings. The number of allylic oxidation sites excluding steroid dienone is 1. The van der Waals surface area contributed by atoms with E-state index in [1.807, 2.05) is 6.07 Å². The second kappa shape index (κ2) is 7.43. The van der Waals surface area contributed by atoms with Crippen molar-refractivity contribution in [2.75, 3.05) is 6.61 Å². The topological polar surface area (TPSA) is 70.3 Å². The molecule has 0 spiro atoms. The third-order valence-electron chi connectivity index (χ3n) is 2.84. The Balaban J connectivity index is 2.06. The number of ketones is 1. The van der Waals surface area contributed by atoms with Crippen molar-refractivity contribution in [2.45, 2.75) is 0 Å². The quantitative estimate of drug-likeness (QED) is 0.649. The molecule has 0 radical (unpaired) electrons. The van der Waals surface area contributed by atoms with Crippen LogP contribution in [-0.2, 0) is 0 Å². The summed E-state index contributed by atoms with van der Waals surface area (Å²) in [5.74, 6) is 0.553. The van der Waals surface area contributed by atoms with Crippen molar-refractivity contribution in [3.05, 3.63) is 64.1 Å². The molecule has 0 amide bonds. The molecule has 22 heavy (non-hydrogen) atoms. The Bertz CT molecular complexity index is 745. The van der Waals surface area contributed by atoms with Gasteiger partial charge in [0.1, 0.15) is 17.6 Å². The van der Waals surface area contributed by atoms with Crippen molar-refractivity contribution in [3.63, 3.8) is 0 Å². The Morgan fingerprint density at radius 2 is 2.00 bits per heavy atom. The van der Waals surface area contributed by atoms with Gasteiger partial charge >= 0.3 is 0 Å². The number of hydrogen-bond donors (Lipinski definition) is 1. The summed E-state index contributed by atoms with van der Waals surface area (Å²) < 4.78 is 5.69. The largest absolute Gasteiger partial charge is 0.507 e. The van der Waals surface area contributed by atoms with Crippen LogP contribution in [0.2, 0.25) is 0 Å². The second-order valence-electron chi connectivity index (χ2n) is 4.38. The van der Waals surface area contributed by atoms with Gasteiger partial charge in [-0.2, -0.15) is 5.26 Å². The minimum absolute atomic E-state index is 0.0249. The summed E-state index contributed by atoms with van der Waals surface area (Å²) in [6.45, 7) is -0.0249. The van der Waals surface area contributed by atoms with Crippen LogP contribution in [0.4, 0.5) is 0 Å². The minimum atomic E-state index is -0.143. The average molecular weight is 358 g/mol. The molecule has 0 aliphatic heterocycles. The van der Waals surface area contributed by atoms with Gasteiger partial charge in [-0.15, -0.1) is 0 Å². The molecule has 0 heterocycles. The summed E-state index contributed by atoms with van der Waals surface area (Å²) in [6.07, 6.45) is 3.14. The number of carbonyl (C=O) groups excluding carboxylic acids is 1. The third kappa shape index (κ3) is 4.21. The standard InChI is InChI=1S/C17H12BrNO3/c18-15-11-12(2-8-17(15)21)1-7-16(20)13-3-5-14(6-4-13)22-10-9-19/h1-8,11,21H,10H2/b7-1+. The van der Waals surface area contributed by atoms with Crippen molar-refractivity contribution in [1.82, 2.24) is 0 Å². The first-order valence-corrected chi connectivity index (χ1v) is 7.20. The monoisotopic (exact) mass is 357 g/mol. The van der Waals surface area contributed by atoms with Crippen LogP contribution in [0.25, 0.3) is 6.08 Å². The Morgan fingerprint density at radius 3 is 2.64 bits per heavy atom. The fourth-order valence-electron chi connectivity index (χ4n) is 1.73. The highest BCUT2D eigenvalue weighted by Gasteiger charge is 2.03. The van der Waals surface area contributed by atoms with Crippen molar-refractivity contribution in [3.8, 4) is 17.6 Å². The van der Waals surface area contributed by atoms with Crippen LogP contribution < -0.4 is 4.74 Å². The van der Waals surface area contributed by atoms with Crippen molar-refractivity contribution in [2.24, 2.45) is 0 Å². The highest BCUT2D eigenvalue weighted by molar-refractivity contribution is 9.10. The first kappa shape index (κ1) is 15.8. The van der Waals surface area contributed by atoms with Gasteiger partial charge in [-0.25, -0.2) is 0 Å². The van der Waals surface area contributed by atoms with Crippen molar-refractivity contribution >= 4 is 27.8 Å². The maximum Gasteiger partial charge on any atom is 0.185 e. The maximum absolute atomic E-state index is 12.1. The number of hydrogen-bond acceptors (Lipinski definition) is 4. The summed E-state index contributed by atoms with van der Waals surface area (Å²) in [4.78, 5) is 12.1. The zero-order chi connectivity index (χ0) is 15.9. The van der Waals surface area contributed by atoms with Gasteiger partial charge in [0.05, 0.1) is 4.47 Å². The second-order valence-corrected chi connectivity index (χ2v) is 5.23. The zero-order valence-corrected chi connectivity index (χ0v) is 13.1. The molecule has 0 fully saturated rings. The van der Waals surface area contributed by atoms with Crippen LogP contribution in [0.3, 0.4) is 0 Å². The molecule has 1 N–H and O–H groups in total. The van der Waals surface area contributed by atoms with Gasteiger partial charge < -0.3 is 9.84 Å². The number of carbonyl (C=O) groups is 1. The lowest BCUT2D eigenvalue weighted by Gasteiger charge is -2.02. The molecule has 0 aromatic heterocycles. The van der Waals surface area contributed by atoms with E-state index in [1.54, 1.807) is 48.5 Å².